The second-order valence-electron chi connectivity index (χ2n) is 4.48. The number of rotatable bonds is 4. The number of phenols is 4. The largest absolute Gasteiger partial charge is 0.508 e. The van der Waals surface area contributed by atoms with Crippen molar-refractivity contribution in [2.75, 3.05) is 0 Å². The fourth-order valence-corrected chi connectivity index (χ4v) is 2.00. The standard InChI is InChI=1S/C15H16O4/c16-12-6-4-10(14(18)8-12)2-1-3-11-5-7-13(17)9-15(11)19/h4-9,16-19H,1-3H2. The SMILES string of the molecule is Oc1ccc(CCCc2ccc(O)cc2O)c(O)c1. The van der Waals surface area contributed by atoms with Gasteiger partial charge in [-0.3, -0.25) is 0 Å². The first-order valence-corrected chi connectivity index (χ1v) is 6.08. The summed E-state index contributed by atoms with van der Waals surface area (Å²) in [6.45, 7) is 0. The van der Waals surface area contributed by atoms with Gasteiger partial charge in [0.2, 0.25) is 0 Å². The smallest absolute Gasteiger partial charge is 0.122 e. The summed E-state index contributed by atoms with van der Waals surface area (Å²) in [5.74, 6) is 0.236. The topological polar surface area (TPSA) is 80.9 Å². The van der Waals surface area contributed by atoms with E-state index in [2.05, 4.69) is 0 Å². The summed E-state index contributed by atoms with van der Waals surface area (Å²) in [5, 5.41) is 37.6. The average molecular weight is 260 g/mol. The summed E-state index contributed by atoms with van der Waals surface area (Å²) in [6, 6.07) is 9.06. The van der Waals surface area contributed by atoms with Crippen molar-refractivity contribution in [2.45, 2.75) is 19.3 Å². The van der Waals surface area contributed by atoms with Gasteiger partial charge in [-0.1, -0.05) is 12.1 Å². The van der Waals surface area contributed by atoms with Crippen LogP contribution in [0.3, 0.4) is 0 Å². The van der Waals surface area contributed by atoms with Gasteiger partial charge in [0.1, 0.15) is 23.0 Å². The third-order valence-corrected chi connectivity index (χ3v) is 3.03. The lowest BCUT2D eigenvalue weighted by Crippen LogP contribution is -1.91. The molecule has 2 aromatic carbocycles. The molecule has 0 radical (unpaired) electrons. The highest BCUT2D eigenvalue weighted by atomic mass is 16.3. The maximum atomic E-state index is 9.64. The summed E-state index contributed by atoms with van der Waals surface area (Å²) in [5.41, 5.74) is 1.52. The number of phenolic OH excluding ortho intramolecular Hbond substituents is 4. The molecule has 0 saturated heterocycles. The van der Waals surface area contributed by atoms with Crippen LogP contribution in [0.2, 0.25) is 0 Å². The predicted molar refractivity (Wildman–Crippen MR) is 71.6 cm³/mol. The summed E-state index contributed by atoms with van der Waals surface area (Å²) in [4.78, 5) is 0. The number of benzene rings is 2. The number of aromatic hydroxyl groups is 4. The molecule has 4 heteroatoms. The number of aryl methyl sites for hydroxylation is 2. The van der Waals surface area contributed by atoms with Crippen molar-refractivity contribution in [2.24, 2.45) is 0 Å². The van der Waals surface area contributed by atoms with Crippen LogP contribution in [0.4, 0.5) is 0 Å². The van der Waals surface area contributed by atoms with E-state index in [1.807, 2.05) is 0 Å². The maximum Gasteiger partial charge on any atom is 0.122 e. The highest BCUT2D eigenvalue weighted by Crippen LogP contribution is 2.26. The van der Waals surface area contributed by atoms with Crippen LogP contribution in [-0.2, 0) is 12.8 Å². The molecule has 0 unspecified atom stereocenters. The van der Waals surface area contributed by atoms with Crippen molar-refractivity contribution < 1.29 is 20.4 Å². The molecule has 19 heavy (non-hydrogen) atoms. The van der Waals surface area contributed by atoms with E-state index < -0.39 is 0 Å². The second kappa shape index (κ2) is 5.52. The average Bonchev–Trinajstić information content (AvgIpc) is 2.34. The highest BCUT2D eigenvalue weighted by Gasteiger charge is 2.05. The van der Waals surface area contributed by atoms with Crippen LogP contribution in [0.25, 0.3) is 0 Å². The molecule has 2 rings (SSSR count). The quantitative estimate of drug-likeness (QED) is 0.681. The Morgan fingerprint density at radius 1 is 0.632 bits per heavy atom. The number of hydrogen-bond donors (Lipinski definition) is 4. The zero-order valence-electron chi connectivity index (χ0n) is 10.4. The monoisotopic (exact) mass is 260 g/mol. The van der Waals surface area contributed by atoms with Crippen LogP contribution < -0.4 is 0 Å². The van der Waals surface area contributed by atoms with E-state index in [1.54, 1.807) is 12.1 Å². The Hall–Kier alpha value is -2.36. The first-order chi connectivity index (χ1) is 9.06. The molecular weight excluding hydrogens is 244 g/mol. The van der Waals surface area contributed by atoms with E-state index in [9.17, 15) is 20.4 Å². The minimum atomic E-state index is 0.0393. The Labute approximate surface area is 111 Å². The minimum absolute atomic E-state index is 0.0393. The molecule has 4 N–H and O–H groups in total. The fraction of sp³-hybridized carbons (Fsp3) is 0.200. The third kappa shape index (κ3) is 3.31. The maximum absolute atomic E-state index is 9.64. The van der Waals surface area contributed by atoms with Crippen LogP contribution in [0.1, 0.15) is 17.5 Å². The van der Waals surface area contributed by atoms with Gasteiger partial charge in [-0.25, -0.2) is 0 Å². The first kappa shape index (κ1) is 13.1. The van der Waals surface area contributed by atoms with E-state index in [-0.39, 0.29) is 23.0 Å². The lowest BCUT2D eigenvalue weighted by molar-refractivity contribution is 0.443. The van der Waals surface area contributed by atoms with Crippen molar-refractivity contribution >= 4 is 0 Å². The van der Waals surface area contributed by atoms with Crippen molar-refractivity contribution in [3.8, 4) is 23.0 Å². The van der Waals surface area contributed by atoms with Crippen LogP contribution in [0.5, 0.6) is 23.0 Å². The van der Waals surface area contributed by atoms with Crippen molar-refractivity contribution in [3.63, 3.8) is 0 Å². The summed E-state index contributed by atoms with van der Waals surface area (Å²) < 4.78 is 0. The van der Waals surface area contributed by atoms with Crippen molar-refractivity contribution in [3.05, 3.63) is 47.5 Å². The molecule has 0 amide bonds. The van der Waals surface area contributed by atoms with E-state index in [1.165, 1.54) is 24.3 Å². The van der Waals surface area contributed by atoms with Crippen LogP contribution in [0.15, 0.2) is 36.4 Å². The Morgan fingerprint density at radius 2 is 1.05 bits per heavy atom. The van der Waals surface area contributed by atoms with E-state index in [0.29, 0.717) is 12.8 Å². The molecule has 0 heterocycles. The third-order valence-electron chi connectivity index (χ3n) is 3.03. The van der Waals surface area contributed by atoms with Gasteiger partial charge in [0, 0.05) is 12.1 Å². The normalized spacial score (nSPS) is 10.5. The Kier molecular flexibility index (Phi) is 3.80. The molecule has 100 valence electrons. The van der Waals surface area contributed by atoms with Gasteiger partial charge >= 0.3 is 0 Å². The summed E-state index contributed by atoms with van der Waals surface area (Å²) in [7, 11) is 0. The van der Waals surface area contributed by atoms with E-state index in [0.717, 1.165) is 17.5 Å². The van der Waals surface area contributed by atoms with Gasteiger partial charge in [0.05, 0.1) is 0 Å². The second-order valence-corrected chi connectivity index (χ2v) is 4.48. The Morgan fingerprint density at radius 3 is 1.42 bits per heavy atom. The number of hydrogen-bond acceptors (Lipinski definition) is 4. The van der Waals surface area contributed by atoms with Crippen molar-refractivity contribution in [1.82, 2.24) is 0 Å². The van der Waals surface area contributed by atoms with Crippen LogP contribution in [0, 0.1) is 0 Å². The first-order valence-electron chi connectivity index (χ1n) is 6.08. The van der Waals surface area contributed by atoms with Gasteiger partial charge in [-0.05, 0) is 42.5 Å². The lowest BCUT2D eigenvalue weighted by Gasteiger charge is -2.07. The highest BCUT2D eigenvalue weighted by molar-refractivity contribution is 5.40. The molecule has 0 fully saturated rings. The molecule has 0 bridgehead atoms. The van der Waals surface area contributed by atoms with Crippen LogP contribution in [-0.4, -0.2) is 20.4 Å². The van der Waals surface area contributed by atoms with Crippen molar-refractivity contribution in [1.29, 1.82) is 0 Å². The van der Waals surface area contributed by atoms with Gasteiger partial charge in [-0.15, -0.1) is 0 Å². The molecule has 2 aromatic rings. The zero-order valence-corrected chi connectivity index (χ0v) is 10.4. The van der Waals surface area contributed by atoms with Crippen LogP contribution >= 0.6 is 0 Å². The summed E-state index contributed by atoms with van der Waals surface area (Å²) >= 11 is 0. The Balaban J connectivity index is 1.96. The van der Waals surface area contributed by atoms with Gasteiger partial charge in [0.25, 0.3) is 0 Å². The molecule has 0 aliphatic carbocycles. The Bertz CT molecular complexity index is 527. The van der Waals surface area contributed by atoms with E-state index in [4.69, 9.17) is 0 Å². The minimum Gasteiger partial charge on any atom is -0.508 e. The summed E-state index contributed by atoms with van der Waals surface area (Å²) in [6.07, 6.45) is 2.04. The lowest BCUT2D eigenvalue weighted by atomic mass is 10.0. The molecule has 0 atom stereocenters. The fourth-order valence-electron chi connectivity index (χ4n) is 2.00. The van der Waals surface area contributed by atoms with E-state index >= 15 is 0 Å². The molecule has 0 saturated carbocycles. The molecule has 4 nitrogen and oxygen atoms in total. The molecule has 0 aromatic heterocycles. The van der Waals surface area contributed by atoms with Gasteiger partial charge < -0.3 is 20.4 Å². The van der Waals surface area contributed by atoms with Gasteiger partial charge in [-0.2, -0.15) is 0 Å². The predicted octanol–water partition coefficient (Wildman–Crippen LogP) is 2.68. The zero-order chi connectivity index (χ0) is 13.8. The molecule has 0 aliphatic heterocycles. The molecule has 0 spiro atoms. The molecule has 0 aliphatic rings. The molecular formula is C15H16O4. The van der Waals surface area contributed by atoms with Gasteiger partial charge in [0.15, 0.2) is 0 Å².